The molecule has 0 spiro atoms. The van der Waals surface area contributed by atoms with Crippen LogP contribution in [0, 0.1) is 0 Å². The molecule has 32 heavy (non-hydrogen) atoms. The van der Waals surface area contributed by atoms with Crippen molar-refractivity contribution in [1.82, 2.24) is 15.3 Å². The topological polar surface area (TPSA) is 118 Å². The molecule has 0 aromatic heterocycles. The Labute approximate surface area is 184 Å². The van der Waals surface area contributed by atoms with Gasteiger partial charge < -0.3 is 19.5 Å². The second-order valence-electron chi connectivity index (χ2n) is 8.01. The first-order valence-electron chi connectivity index (χ1n) is 9.98. The average molecular weight is 441 g/mol. The van der Waals surface area contributed by atoms with Gasteiger partial charge >= 0.3 is 6.03 Å². The number of amides is 4. The Hall–Kier alpha value is -3.79. The number of carbonyl (C=O) groups excluding carboxylic acids is 3. The molecule has 2 N–H and O–H groups in total. The molecule has 1 unspecified atom stereocenters. The zero-order valence-corrected chi connectivity index (χ0v) is 17.6. The van der Waals surface area contributed by atoms with E-state index in [1.807, 2.05) is 30.3 Å². The Morgan fingerprint density at radius 2 is 1.84 bits per heavy atom. The summed E-state index contributed by atoms with van der Waals surface area (Å²) in [6.07, 6.45) is 0.209. The van der Waals surface area contributed by atoms with Gasteiger partial charge in [0.2, 0.25) is 13.2 Å². The van der Waals surface area contributed by atoms with E-state index in [9.17, 15) is 19.6 Å². The minimum Gasteiger partial charge on any atom is -0.491 e. The van der Waals surface area contributed by atoms with Crippen molar-refractivity contribution in [3.05, 3.63) is 42.5 Å². The zero-order valence-electron chi connectivity index (χ0n) is 17.6. The van der Waals surface area contributed by atoms with Crippen molar-refractivity contribution < 1.29 is 33.8 Å². The first-order valence-corrected chi connectivity index (χ1v) is 9.98. The van der Waals surface area contributed by atoms with Crippen molar-refractivity contribution in [2.24, 2.45) is 0 Å². The molecule has 10 nitrogen and oxygen atoms in total. The summed E-state index contributed by atoms with van der Waals surface area (Å²) in [4.78, 5) is 36.6. The van der Waals surface area contributed by atoms with Crippen LogP contribution in [0.4, 0.5) is 4.79 Å². The Morgan fingerprint density at radius 3 is 2.50 bits per heavy atom. The highest BCUT2D eigenvalue weighted by atomic mass is 16.7. The molecule has 2 aromatic rings. The van der Waals surface area contributed by atoms with Gasteiger partial charge in [0.25, 0.3) is 5.91 Å². The fraction of sp³-hybridized carbons (Fsp3) is 0.318. The lowest BCUT2D eigenvalue weighted by Gasteiger charge is -2.26. The lowest BCUT2D eigenvalue weighted by Crippen LogP contribution is -2.48. The number of carbonyl (C=O) groups is 3. The van der Waals surface area contributed by atoms with Gasteiger partial charge in [0.15, 0.2) is 11.5 Å². The second-order valence-corrected chi connectivity index (χ2v) is 8.01. The van der Waals surface area contributed by atoms with Crippen LogP contribution in [0.25, 0.3) is 11.1 Å². The Balaban J connectivity index is 1.41. The normalized spacial score (nSPS) is 17.2. The number of ether oxygens (including phenoxy) is 3. The summed E-state index contributed by atoms with van der Waals surface area (Å²) < 4.78 is 16.4. The van der Waals surface area contributed by atoms with Crippen molar-refractivity contribution in [1.29, 1.82) is 0 Å². The lowest BCUT2D eigenvalue weighted by atomic mass is 10.1. The highest BCUT2D eigenvalue weighted by Gasteiger charge is 2.45. The molecule has 0 aliphatic carbocycles. The van der Waals surface area contributed by atoms with Crippen LogP contribution >= 0.6 is 0 Å². The zero-order chi connectivity index (χ0) is 22.9. The lowest BCUT2D eigenvalue weighted by molar-refractivity contribution is -0.165. The molecular weight excluding hydrogens is 418 g/mol. The highest BCUT2D eigenvalue weighted by Crippen LogP contribution is 2.36. The van der Waals surface area contributed by atoms with E-state index in [4.69, 9.17) is 14.2 Å². The highest BCUT2D eigenvalue weighted by molar-refractivity contribution is 6.06. The maximum atomic E-state index is 12.4. The predicted molar refractivity (Wildman–Crippen MR) is 111 cm³/mol. The van der Waals surface area contributed by atoms with Gasteiger partial charge in [0.1, 0.15) is 23.9 Å². The molecule has 0 bridgehead atoms. The van der Waals surface area contributed by atoms with Crippen LogP contribution in [-0.4, -0.2) is 65.0 Å². The molecule has 0 radical (unpaired) electrons. The third-order valence-corrected chi connectivity index (χ3v) is 5.32. The van der Waals surface area contributed by atoms with Crippen molar-refractivity contribution in [3.63, 3.8) is 0 Å². The molecule has 10 heteroatoms. The monoisotopic (exact) mass is 441 g/mol. The smallest absolute Gasteiger partial charge is 0.325 e. The number of benzene rings is 2. The van der Waals surface area contributed by atoms with Crippen LogP contribution in [0.5, 0.6) is 17.2 Å². The Bertz CT molecular complexity index is 1040. The van der Waals surface area contributed by atoms with E-state index in [1.165, 1.54) is 0 Å². The molecule has 2 heterocycles. The Kier molecular flexibility index (Phi) is 5.62. The van der Waals surface area contributed by atoms with Gasteiger partial charge in [0, 0.05) is 0 Å². The number of hydroxylamine groups is 2. The maximum Gasteiger partial charge on any atom is 0.325 e. The second kappa shape index (κ2) is 8.39. The van der Waals surface area contributed by atoms with E-state index in [2.05, 4.69) is 5.32 Å². The molecule has 168 valence electrons. The van der Waals surface area contributed by atoms with Gasteiger partial charge in [-0.3, -0.25) is 19.7 Å². The number of fused-ring (bicyclic) bond motifs is 1. The van der Waals surface area contributed by atoms with Gasteiger partial charge in [-0.05, 0) is 49.2 Å². The number of hydrogen-bond donors (Lipinski definition) is 2. The molecule has 0 saturated carbocycles. The number of nitrogens with zero attached hydrogens (tertiary/aromatic N) is 2. The van der Waals surface area contributed by atoms with Gasteiger partial charge in [0.05, 0.1) is 6.54 Å². The molecular formula is C22H23N3O7. The molecule has 1 atom stereocenters. The standard InChI is InChI=1S/C22H23N3O7/c1-22(2)20(27)24(21(28)23-22)10-16(25(29)12-26)11-30-17-6-3-14(4-7-17)15-5-8-18-19(9-15)32-13-31-18/h3-9,12,16,29H,10-11,13H2,1-2H3,(H,23,28). The van der Waals surface area contributed by atoms with Crippen molar-refractivity contribution >= 4 is 18.3 Å². The van der Waals surface area contributed by atoms with Crippen LogP contribution in [0.2, 0.25) is 0 Å². The maximum absolute atomic E-state index is 12.4. The summed E-state index contributed by atoms with van der Waals surface area (Å²) in [5, 5.41) is 12.9. The molecule has 4 amide bonds. The third kappa shape index (κ3) is 4.17. The number of hydrogen-bond acceptors (Lipinski definition) is 7. The van der Waals surface area contributed by atoms with Gasteiger partial charge in [-0.2, -0.15) is 0 Å². The van der Waals surface area contributed by atoms with E-state index < -0.39 is 23.5 Å². The summed E-state index contributed by atoms with van der Waals surface area (Å²) in [7, 11) is 0. The van der Waals surface area contributed by atoms with E-state index in [1.54, 1.807) is 26.0 Å². The number of imide groups is 1. The van der Waals surface area contributed by atoms with Crippen molar-refractivity contribution in [3.8, 4) is 28.4 Å². The number of nitrogens with one attached hydrogen (secondary N) is 1. The van der Waals surface area contributed by atoms with E-state index >= 15 is 0 Å². The molecule has 4 rings (SSSR count). The summed E-state index contributed by atoms with van der Waals surface area (Å²) in [6.45, 7) is 3.03. The van der Waals surface area contributed by atoms with Gasteiger partial charge in [-0.1, -0.05) is 18.2 Å². The van der Waals surface area contributed by atoms with Crippen molar-refractivity contribution in [2.45, 2.75) is 25.4 Å². The van der Waals surface area contributed by atoms with E-state index in [-0.39, 0.29) is 26.4 Å². The first kappa shape index (κ1) is 21.4. The SMILES string of the molecule is CC1(C)NC(=O)N(CC(COc2ccc(-c3ccc4c(c3)OCO4)cc2)N(O)C=O)C1=O. The minimum atomic E-state index is -1.05. The molecule has 2 aromatic carbocycles. The van der Waals surface area contributed by atoms with Crippen LogP contribution < -0.4 is 19.5 Å². The fourth-order valence-corrected chi connectivity index (χ4v) is 3.51. The molecule has 2 aliphatic rings. The first-order chi connectivity index (χ1) is 15.3. The molecule has 2 aliphatic heterocycles. The largest absolute Gasteiger partial charge is 0.491 e. The van der Waals surface area contributed by atoms with Crippen LogP contribution in [0.1, 0.15) is 13.8 Å². The molecule has 1 fully saturated rings. The minimum absolute atomic E-state index is 0.129. The van der Waals surface area contributed by atoms with Crippen LogP contribution in [-0.2, 0) is 9.59 Å². The van der Waals surface area contributed by atoms with Crippen molar-refractivity contribution in [2.75, 3.05) is 19.9 Å². The summed E-state index contributed by atoms with van der Waals surface area (Å²) in [5.41, 5.74) is 0.835. The number of urea groups is 1. The Morgan fingerprint density at radius 1 is 1.16 bits per heavy atom. The predicted octanol–water partition coefficient (Wildman–Crippen LogP) is 2.01. The average Bonchev–Trinajstić information content (AvgIpc) is 3.33. The van der Waals surface area contributed by atoms with Gasteiger partial charge in [-0.25, -0.2) is 9.86 Å². The molecule has 1 saturated heterocycles. The van der Waals surface area contributed by atoms with Crippen LogP contribution in [0.3, 0.4) is 0 Å². The summed E-state index contributed by atoms with van der Waals surface area (Å²) in [6, 6.07) is 11.3. The summed E-state index contributed by atoms with van der Waals surface area (Å²) >= 11 is 0. The van der Waals surface area contributed by atoms with E-state index in [0.29, 0.717) is 22.3 Å². The van der Waals surface area contributed by atoms with Gasteiger partial charge in [-0.15, -0.1) is 0 Å². The van der Waals surface area contributed by atoms with E-state index in [0.717, 1.165) is 16.0 Å². The quantitative estimate of drug-likeness (QED) is 0.278. The van der Waals surface area contributed by atoms with Crippen LogP contribution in [0.15, 0.2) is 42.5 Å². The fourth-order valence-electron chi connectivity index (χ4n) is 3.51. The third-order valence-electron chi connectivity index (χ3n) is 5.32. The summed E-state index contributed by atoms with van der Waals surface area (Å²) in [5.74, 6) is 1.44. The number of rotatable bonds is 8.